The van der Waals surface area contributed by atoms with Crippen LogP contribution in [0.2, 0.25) is 0 Å². The summed E-state index contributed by atoms with van der Waals surface area (Å²) in [6.45, 7) is 2.50. The van der Waals surface area contributed by atoms with Crippen molar-refractivity contribution in [3.8, 4) is 0 Å². The minimum atomic E-state index is -3.73. The van der Waals surface area contributed by atoms with Crippen LogP contribution < -0.4 is 10.0 Å². The number of pyridine rings is 2. The topological polar surface area (TPSA) is 84.0 Å². The highest BCUT2D eigenvalue weighted by Crippen LogP contribution is 2.22. The maximum atomic E-state index is 12.3. The molecule has 0 saturated carbocycles. The number of sulfonamides is 1. The van der Waals surface area contributed by atoms with Crippen molar-refractivity contribution < 1.29 is 8.42 Å². The number of hydrogen-bond donors (Lipinski definition) is 2. The molecule has 0 bridgehead atoms. The van der Waals surface area contributed by atoms with Gasteiger partial charge >= 0.3 is 0 Å². The smallest absolute Gasteiger partial charge is 0.266 e. The Kier molecular flexibility index (Phi) is 4.56. The third-order valence-electron chi connectivity index (χ3n) is 2.41. The van der Waals surface area contributed by atoms with Crippen LogP contribution in [0.4, 0.5) is 11.5 Å². The van der Waals surface area contributed by atoms with Gasteiger partial charge in [0, 0.05) is 29.6 Å². The second kappa shape index (κ2) is 6.19. The van der Waals surface area contributed by atoms with Gasteiger partial charge in [0.15, 0.2) is 0 Å². The van der Waals surface area contributed by atoms with Gasteiger partial charge in [-0.25, -0.2) is 13.4 Å². The van der Waals surface area contributed by atoms with E-state index in [1.165, 1.54) is 18.6 Å². The zero-order valence-corrected chi connectivity index (χ0v) is 13.1. The van der Waals surface area contributed by atoms with Crippen LogP contribution in [0.15, 0.2) is 46.2 Å². The summed E-state index contributed by atoms with van der Waals surface area (Å²) in [7, 11) is -3.73. The van der Waals surface area contributed by atoms with E-state index < -0.39 is 10.0 Å². The summed E-state index contributed by atoms with van der Waals surface area (Å²) in [4.78, 5) is 7.94. The minimum absolute atomic E-state index is 0.0894. The summed E-state index contributed by atoms with van der Waals surface area (Å²) in [5.41, 5.74) is 0.507. The molecule has 20 heavy (non-hydrogen) atoms. The second-order valence-electron chi connectivity index (χ2n) is 3.87. The van der Waals surface area contributed by atoms with Crippen molar-refractivity contribution in [1.82, 2.24) is 9.97 Å². The van der Waals surface area contributed by atoms with Gasteiger partial charge in [-0.3, -0.25) is 9.71 Å². The molecule has 2 rings (SSSR count). The minimum Gasteiger partial charge on any atom is -0.384 e. The SMILES string of the molecule is CCNc1ccncc1S(=O)(=O)Nc1ccc(Br)cn1. The standard InChI is InChI=1S/C12H13BrN4O2S/c1-2-15-10-5-6-14-8-11(10)20(18,19)17-12-4-3-9(13)7-16-12/h3-8H,2H2,1H3,(H,14,15)(H,16,17). The van der Waals surface area contributed by atoms with Crippen LogP contribution in [0.5, 0.6) is 0 Å². The van der Waals surface area contributed by atoms with Crippen LogP contribution in [-0.4, -0.2) is 24.9 Å². The third kappa shape index (κ3) is 3.45. The summed E-state index contributed by atoms with van der Waals surface area (Å²) in [6, 6.07) is 4.90. The molecule has 8 heteroatoms. The predicted octanol–water partition coefficient (Wildman–Crippen LogP) is 2.47. The van der Waals surface area contributed by atoms with E-state index in [0.29, 0.717) is 12.2 Å². The first-order chi connectivity index (χ1) is 9.53. The van der Waals surface area contributed by atoms with Crippen LogP contribution in [-0.2, 0) is 10.0 Å². The van der Waals surface area contributed by atoms with Gasteiger partial charge < -0.3 is 5.32 Å². The van der Waals surface area contributed by atoms with E-state index in [1.54, 1.807) is 18.2 Å². The Labute approximate surface area is 125 Å². The zero-order chi connectivity index (χ0) is 14.6. The molecule has 6 nitrogen and oxygen atoms in total. The Balaban J connectivity index is 2.33. The van der Waals surface area contributed by atoms with E-state index in [1.807, 2.05) is 6.92 Å². The maximum Gasteiger partial charge on any atom is 0.266 e. The number of hydrogen-bond acceptors (Lipinski definition) is 5. The summed E-state index contributed by atoms with van der Waals surface area (Å²) >= 11 is 3.24. The van der Waals surface area contributed by atoms with Crippen LogP contribution in [0.3, 0.4) is 0 Å². The number of rotatable bonds is 5. The van der Waals surface area contributed by atoms with Gasteiger partial charge in [-0.1, -0.05) is 0 Å². The molecule has 106 valence electrons. The van der Waals surface area contributed by atoms with E-state index in [-0.39, 0.29) is 10.7 Å². The van der Waals surface area contributed by atoms with Crippen molar-refractivity contribution >= 4 is 37.5 Å². The Morgan fingerprint density at radius 2 is 2.05 bits per heavy atom. The quantitative estimate of drug-likeness (QED) is 0.859. The van der Waals surface area contributed by atoms with Crippen LogP contribution in [0.1, 0.15) is 6.92 Å². The zero-order valence-electron chi connectivity index (χ0n) is 10.7. The maximum absolute atomic E-state index is 12.3. The van der Waals surface area contributed by atoms with Gasteiger partial charge in [0.2, 0.25) is 0 Å². The van der Waals surface area contributed by atoms with E-state index in [0.717, 1.165) is 4.47 Å². The first-order valence-corrected chi connectivity index (χ1v) is 8.13. The fourth-order valence-corrected chi connectivity index (χ4v) is 2.93. The molecule has 0 aromatic carbocycles. The summed E-state index contributed by atoms with van der Waals surface area (Å²) in [5.74, 6) is 0.250. The van der Waals surface area contributed by atoms with E-state index >= 15 is 0 Å². The summed E-state index contributed by atoms with van der Waals surface area (Å²) in [6.07, 6.45) is 4.36. The molecule has 2 aromatic heterocycles. The number of aromatic nitrogens is 2. The second-order valence-corrected chi connectivity index (χ2v) is 6.44. The number of nitrogens with one attached hydrogen (secondary N) is 2. The summed E-state index contributed by atoms with van der Waals surface area (Å²) in [5, 5.41) is 2.99. The average molecular weight is 357 g/mol. The highest BCUT2D eigenvalue weighted by Gasteiger charge is 2.19. The van der Waals surface area contributed by atoms with Crippen molar-refractivity contribution in [2.24, 2.45) is 0 Å². The fourth-order valence-electron chi connectivity index (χ4n) is 1.56. The molecule has 0 aliphatic rings. The third-order valence-corrected chi connectivity index (χ3v) is 4.26. The molecule has 0 saturated heterocycles. The molecule has 0 amide bonds. The molecule has 0 radical (unpaired) electrons. The van der Waals surface area contributed by atoms with Gasteiger partial charge in [0.1, 0.15) is 10.7 Å². The van der Waals surface area contributed by atoms with Gasteiger partial charge in [-0.05, 0) is 41.1 Å². The van der Waals surface area contributed by atoms with E-state index in [4.69, 9.17) is 0 Å². The molecule has 0 aliphatic heterocycles. The first kappa shape index (κ1) is 14.7. The Morgan fingerprint density at radius 1 is 1.25 bits per heavy atom. The molecule has 0 unspecified atom stereocenters. The monoisotopic (exact) mass is 356 g/mol. The van der Waals surface area contributed by atoms with Crippen molar-refractivity contribution in [2.75, 3.05) is 16.6 Å². The van der Waals surface area contributed by atoms with Gasteiger partial charge in [-0.2, -0.15) is 0 Å². The Hall–Kier alpha value is -1.67. The molecule has 0 aliphatic carbocycles. The lowest BCUT2D eigenvalue weighted by Gasteiger charge is -2.11. The Morgan fingerprint density at radius 3 is 2.70 bits per heavy atom. The molecular weight excluding hydrogens is 344 g/mol. The van der Waals surface area contributed by atoms with E-state index in [2.05, 4.69) is 35.9 Å². The highest BCUT2D eigenvalue weighted by atomic mass is 79.9. The van der Waals surface area contributed by atoms with Crippen LogP contribution in [0, 0.1) is 0 Å². The molecule has 0 atom stereocenters. The molecule has 2 N–H and O–H groups in total. The largest absolute Gasteiger partial charge is 0.384 e. The van der Waals surface area contributed by atoms with Crippen molar-refractivity contribution in [2.45, 2.75) is 11.8 Å². The van der Waals surface area contributed by atoms with Crippen LogP contribution in [0.25, 0.3) is 0 Å². The predicted molar refractivity (Wildman–Crippen MR) is 81.1 cm³/mol. The molecule has 2 heterocycles. The molecule has 2 aromatic rings. The van der Waals surface area contributed by atoms with Gasteiger partial charge in [0.25, 0.3) is 10.0 Å². The highest BCUT2D eigenvalue weighted by molar-refractivity contribution is 9.10. The van der Waals surface area contributed by atoms with E-state index in [9.17, 15) is 8.42 Å². The van der Waals surface area contributed by atoms with Crippen LogP contribution >= 0.6 is 15.9 Å². The first-order valence-electron chi connectivity index (χ1n) is 5.85. The fraction of sp³-hybridized carbons (Fsp3) is 0.167. The average Bonchev–Trinajstić information content (AvgIpc) is 2.42. The molecule has 0 spiro atoms. The Bertz CT molecular complexity index is 689. The number of nitrogens with zero attached hydrogens (tertiary/aromatic N) is 2. The lowest BCUT2D eigenvalue weighted by Crippen LogP contribution is -2.16. The van der Waals surface area contributed by atoms with Crippen molar-refractivity contribution in [3.63, 3.8) is 0 Å². The normalized spacial score (nSPS) is 11.1. The van der Waals surface area contributed by atoms with Crippen molar-refractivity contribution in [1.29, 1.82) is 0 Å². The molecular formula is C12H13BrN4O2S. The van der Waals surface area contributed by atoms with Crippen molar-refractivity contribution in [3.05, 3.63) is 41.3 Å². The number of halogens is 1. The van der Waals surface area contributed by atoms with Gasteiger partial charge in [0.05, 0.1) is 5.69 Å². The lowest BCUT2D eigenvalue weighted by molar-refractivity contribution is 0.601. The lowest BCUT2D eigenvalue weighted by atomic mass is 10.4. The number of anilines is 2. The summed E-state index contributed by atoms with van der Waals surface area (Å²) < 4.78 is 27.9. The van der Waals surface area contributed by atoms with Gasteiger partial charge in [-0.15, -0.1) is 0 Å². The molecule has 0 fully saturated rings.